The molecule has 17 heavy (non-hydrogen) atoms. The van der Waals surface area contributed by atoms with E-state index in [2.05, 4.69) is 13.8 Å². The Morgan fingerprint density at radius 3 is 2.41 bits per heavy atom. The summed E-state index contributed by atoms with van der Waals surface area (Å²) in [6, 6.07) is 0. The minimum absolute atomic E-state index is 0.219. The summed E-state index contributed by atoms with van der Waals surface area (Å²) in [7, 11) is 1.67. The van der Waals surface area contributed by atoms with Crippen LogP contribution in [0.15, 0.2) is 4.99 Å². The first-order chi connectivity index (χ1) is 7.71. The van der Waals surface area contributed by atoms with Gasteiger partial charge >= 0.3 is 0 Å². The fourth-order valence-electron chi connectivity index (χ4n) is 2.15. The summed E-state index contributed by atoms with van der Waals surface area (Å²) in [5.74, 6) is 1.00. The molecule has 0 saturated carbocycles. The number of carbonyl (C=O) groups excluding carboxylic acids is 1. The summed E-state index contributed by atoms with van der Waals surface area (Å²) in [5, 5.41) is 2.93. The van der Waals surface area contributed by atoms with E-state index in [0.29, 0.717) is 6.42 Å². The van der Waals surface area contributed by atoms with E-state index in [-0.39, 0.29) is 17.0 Å². The van der Waals surface area contributed by atoms with Crippen LogP contribution in [0.2, 0.25) is 0 Å². The van der Waals surface area contributed by atoms with Gasteiger partial charge in [-0.2, -0.15) is 5.06 Å². The molecule has 0 bridgehead atoms. The molecule has 4 nitrogen and oxygen atoms in total. The molecule has 0 aromatic rings. The highest BCUT2D eigenvalue weighted by molar-refractivity contribution is 8.14. The van der Waals surface area contributed by atoms with Gasteiger partial charge in [-0.05, 0) is 34.6 Å². The number of carbonyl (C=O) groups is 1. The Balaban J connectivity index is 2.75. The largest absolute Gasteiger partial charge is 0.300 e. The van der Waals surface area contributed by atoms with Crippen LogP contribution < -0.4 is 0 Å². The van der Waals surface area contributed by atoms with Crippen LogP contribution in [-0.2, 0) is 9.63 Å². The standard InChI is InChI=1S/C12H22N2O2S/c1-9(15)7-8-17-10-11(2,3)14(16-6)12(4,5)13-10/h7-8H2,1-6H3. The lowest BCUT2D eigenvalue weighted by Gasteiger charge is -2.36. The highest BCUT2D eigenvalue weighted by Gasteiger charge is 2.48. The number of thioether (sulfide) groups is 1. The molecule has 0 fully saturated rings. The molecule has 1 aliphatic rings. The molecule has 0 amide bonds. The first kappa shape index (κ1) is 14.7. The highest BCUT2D eigenvalue weighted by Crippen LogP contribution is 2.38. The van der Waals surface area contributed by atoms with Crippen molar-refractivity contribution < 1.29 is 9.63 Å². The summed E-state index contributed by atoms with van der Waals surface area (Å²) in [6.45, 7) is 9.84. The first-order valence-electron chi connectivity index (χ1n) is 5.79. The SMILES string of the molecule is CON1C(C)(C)N=C(SCCC(C)=O)C1(C)C. The number of aliphatic imine (C=N–C) groups is 1. The van der Waals surface area contributed by atoms with Crippen LogP contribution in [0.4, 0.5) is 0 Å². The Morgan fingerprint density at radius 2 is 2.00 bits per heavy atom. The maximum absolute atomic E-state index is 10.9. The quantitative estimate of drug-likeness (QED) is 0.777. The minimum Gasteiger partial charge on any atom is -0.300 e. The van der Waals surface area contributed by atoms with Gasteiger partial charge in [-0.3, -0.25) is 14.6 Å². The molecule has 0 saturated heterocycles. The predicted octanol–water partition coefficient (Wildman–Crippen LogP) is 2.49. The Labute approximate surface area is 108 Å². The van der Waals surface area contributed by atoms with Gasteiger partial charge in [0.15, 0.2) is 0 Å². The van der Waals surface area contributed by atoms with E-state index in [1.54, 1.807) is 25.8 Å². The molecular weight excluding hydrogens is 236 g/mol. The summed E-state index contributed by atoms with van der Waals surface area (Å²) >= 11 is 1.65. The number of hydrogen-bond acceptors (Lipinski definition) is 5. The van der Waals surface area contributed by atoms with E-state index in [0.717, 1.165) is 10.8 Å². The lowest BCUT2D eigenvalue weighted by Crippen LogP contribution is -2.50. The van der Waals surface area contributed by atoms with E-state index < -0.39 is 0 Å². The summed E-state index contributed by atoms with van der Waals surface area (Å²) < 4.78 is 0. The molecule has 0 radical (unpaired) electrons. The zero-order chi connectivity index (χ0) is 13.3. The maximum Gasteiger partial charge on any atom is 0.132 e. The van der Waals surface area contributed by atoms with Crippen molar-refractivity contribution >= 4 is 22.6 Å². The monoisotopic (exact) mass is 258 g/mol. The molecule has 0 atom stereocenters. The third-order valence-electron chi connectivity index (χ3n) is 2.78. The first-order valence-corrected chi connectivity index (χ1v) is 6.77. The second-order valence-electron chi connectivity index (χ2n) is 5.25. The van der Waals surface area contributed by atoms with Crippen molar-refractivity contribution in [3.05, 3.63) is 0 Å². The molecule has 0 aromatic heterocycles. The minimum atomic E-state index is -0.350. The topological polar surface area (TPSA) is 41.9 Å². The van der Waals surface area contributed by atoms with E-state index in [1.165, 1.54) is 0 Å². The van der Waals surface area contributed by atoms with Crippen molar-refractivity contribution in [2.45, 2.75) is 52.2 Å². The summed E-state index contributed by atoms with van der Waals surface area (Å²) in [4.78, 5) is 21.1. The smallest absolute Gasteiger partial charge is 0.132 e. The molecule has 1 aliphatic heterocycles. The van der Waals surface area contributed by atoms with Gasteiger partial charge in [0.25, 0.3) is 0 Å². The molecule has 0 spiro atoms. The second kappa shape index (κ2) is 5.08. The van der Waals surface area contributed by atoms with E-state index >= 15 is 0 Å². The normalized spacial score (nSPS) is 22.6. The maximum atomic E-state index is 10.9. The van der Waals surface area contributed by atoms with Crippen LogP contribution in [0.3, 0.4) is 0 Å². The van der Waals surface area contributed by atoms with Gasteiger partial charge in [0, 0.05) is 12.2 Å². The fraction of sp³-hybridized carbons (Fsp3) is 0.833. The number of ketones is 1. The van der Waals surface area contributed by atoms with E-state index in [1.807, 2.05) is 18.9 Å². The Morgan fingerprint density at radius 1 is 1.41 bits per heavy atom. The summed E-state index contributed by atoms with van der Waals surface area (Å²) in [5.41, 5.74) is -0.587. The van der Waals surface area contributed by atoms with Gasteiger partial charge < -0.3 is 0 Å². The van der Waals surface area contributed by atoms with Crippen LogP contribution in [0, 0.1) is 0 Å². The van der Waals surface area contributed by atoms with E-state index in [9.17, 15) is 4.79 Å². The predicted molar refractivity (Wildman–Crippen MR) is 72.2 cm³/mol. The van der Waals surface area contributed by atoms with Crippen LogP contribution >= 0.6 is 11.8 Å². The van der Waals surface area contributed by atoms with Gasteiger partial charge in [0.2, 0.25) is 0 Å². The number of hydroxylamine groups is 2. The van der Waals surface area contributed by atoms with Gasteiger partial charge in [0.05, 0.1) is 17.7 Å². The van der Waals surface area contributed by atoms with Gasteiger partial charge in [-0.15, -0.1) is 11.8 Å². The molecule has 1 rings (SSSR count). The van der Waals surface area contributed by atoms with Crippen molar-refractivity contribution in [2.75, 3.05) is 12.9 Å². The Bertz CT molecular complexity index is 337. The molecular formula is C12H22N2O2S. The van der Waals surface area contributed by atoms with Gasteiger partial charge in [0.1, 0.15) is 11.4 Å². The van der Waals surface area contributed by atoms with Gasteiger partial charge in [-0.1, -0.05) is 0 Å². The average Bonchev–Trinajstić information content (AvgIpc) is 2.31. The molecule has 0 aliphatic carbocycles. The highest BCUT2D eigenvalue weighted by atomic mass is 32.2. The van der Waals surface area contributed by atoms with Crippen molar-refractivity contribution in [3.8, 4) is 0 Å². The third-order valence-corrected chi connectivity index (χ3v) is 4.05. The molecule has 0 aromatic carbocycles. The van der Waals surface area contributed by atoms with Crippen molar-refractivity contribution in [1.29, 1.82) is 0 Å². The average molecular weight is 258 g/mol. The van der Waals surface area contributed by atoms with E-state index in [4.69, 9.17) is 9.83 Å². The number of rotatable bonds is 4. The van der Waals surface area contributed by atoms with Crippen LogP contribution in [0.25, 0.3) is 0 Å². The molecule has 0 unspecified atom stereocenters. The molecule has 1 heterocycles. The number of nitrogens with zero attached hydrogens (tertiary/aromatic N) is 2. The van der Waals surface area contributed by atoms with Crippen LogP contribution in [0.1, 0.15) is 41.0 Å². The van der Waals surface area contributed by atoms with Crippen molar-refractivity contribution in [1.82, 2.24) is 5.06 Å². The van der Waals surface area contributed by atoms with Crippen LogP contribution in [0.5, 0.6) is 0 Å². The van der Waals surface area contributed by atoms with Gasteiger partial charge in [-0.25, -0.2) is 0 Å². The lowest BCUT2D eigenvalue weighted by atomic mass is 10.1. The molecule has 98 valence electrons. The number of Topliss-reactive ketones (excluding diaryl/α,β-unsaturated/α-hetero) is 1. The second-order valence-corrected chi connectivity index (χ2v) is 6.33. The Kier molecular flexibility index (Phi) is 4.38. The zero-order valence-electron chi connectivity index (χ0n) is 11.5. The van der Waals surface area contributed by atoms with Crippen LogP contribution in [-0.4, -0.2) is 40.0 Å². The summed E-state index contributed by atoms with van der Waals surface area (Å²) in [6.07, 6.45) is 0.590. The molecule has 5 heteroatoms. The Hall–Kier alpha value is -0.390. The number of hydrogen-bond donors (Lipinski definition) is 0. The molecule has 0 N–H and O–H groups in total. The van der Waals surface area contributed by atoms with Crippen molar-refractivity contribution in [2.24, 2.45) is 4.99 Å². The van der Waals surface area contributed by atoms with Crippen molar-refractivity contribution in [3.63, 3.8) is 0 Å². The fourth-order valence-corrected chi connectivity index (χ4v) is 3.46. The lowest BCUT2D eigenvalue weighted by molar-refractivity contribution is -0.215. The zero-order valence-corrected chi connectivity index (χ0v) is 12.3. The third kappa shape index (κ3) is 3.09.